The average molecular weight is 470 g/mol. The molecule has 7 nitrogen and oxygen atoms in total. The fourth-order valence-corrected chi connectivity index (χ4v) is 7.02. The molecule has 1 aromatic carbocycles. The molecule has 2 heterocycles. The number of hydrogen-bond donors (Lipinski definition) is 2. The molecule has 0 aliphatic heterocycles. The Morgan fingerprint density at radius 3 is 2.68 bits per heavy atom. The first-order chi connectivity index (χ1) is 14.5. The maximum Gasteiger partial charge on any atom is 0.452 e. The van der Waals surface area contributed by atoms with E-state index >= 15 is 0 Å². The molecule has 3 unspecified atom stereocenters. The minimum atomic E-state index is -4.72. The molecule has 2 aliphatic rings. The van der Waals surface area contributed by atoms with Crippen molar-refractivity contribution < 1.29 is 36.0 Å². The van der Waals surface area contributed by atoms with Gasteiger partial charge >= 0.3 is 12.1 Å². The van der Waals surface area contributed by atoms with Crippen LogP contribution in [0.15, 0.2) is 51.2 Å². The number of hydrogen-bond acceptors (Lipinski definition) is 6. The fraction of sp³-hybridized carbons (Fsp3) is 0.263. The summed E-state index contributed by atoms with van der Waals surface area (Å²) in [7, 11) is -4.25. The van der Waals surface area contributed by atoms with Crippen molar-refractivity contribution in [2.24, 2.45) is 5.92 Å². The second-order valence-electron chi connectivity index (χ2n) is 7.46. The van der Waals surface area contributed by atoms with Crippen LogP contribution in [0.25, 0.3) is 10.6 Å². The minimum Gasteiger partial charge on any atom is -0.480 e. The van der Waals surface area contributed by atoms with Crippen LogP contribution < -0.4 is 4.72 Å². The van der Waals surface area contributed by atoms with Gasteiger partial charge in [-0.3, -0.25) is 4.79 Å². The number of benzene rings is 1. The highest BCUT2D eigenvalue weighted by atomic mass is 32.2. The summed E-state index contributed by atoms with van der Waals surface area (Å²) in [5, 5.41) is 13.2. The van der Waals surface area contributed by atoms with Gasteiger partial charge in [0.05, 0.1) is 4.88 Å². The summed E-state index contributed by atoms with van der Waals surface area (Å²) in [6.45, 7) is 0. The standard InChI is InChI=1S/C19H13F3N2O5S2/c20-19(21,22)14-8-12(23-29-14)13-5-6-15(30-13)31(27,28)24-18(17(25)26)11-7-9-3-1-2-4-10(9)16(11)18/h1-6,8,11,16,24H,7H2,(H,25,26). The van der Waals surface area contributed by atoms with Gasteiger partial charge in [0.15, 0.2) is 0 Å². The minimum absolute atomic E-state index is 0.144. The maximum atomic E-state index is 13.0. The van der Waals surface area contributed by atoms with E-state index in [9.17, 15) is 31.5 Å². The van der Waals surface area contributed by atoms with Crippen LogP contribution in [0.3, 0.4) is 0 Å². The Morgan fingerprint density at radius 1 is 1.26 bits per heavy atom. The topological polar surface area (TPSA) is 110 Å². The number of carboxylic acid groups (broad SMARTS) is 1. The fourth-order valence-electron chi connectivity index (χ4n) is 4.34. The molecule has 2 aliphatic carbocycles. The van der Waals surface area contributed by atoms with Crippen LogP contribution in [0.1, 0.15) is 22.8 Å². The molecule has 12 heteroatoms. The lowest BCUT2D eigenvalue weighted by Crippen LogP contribution is -2.46. The summed E-state index contributed by atoms with van der Waals surface area (Å²) in [6.07, 6.45) is -4.27. The predicted molar refractivity (Wildman–Crippen MR) is 102 cm³/mol. The van der Waals surface area contributed by atoms with Crippen LogP contribution in [-0.4, -0.2) is 30.2 Å². The summed E-state index contributed by atoms with van der Waals surface area (Å²) in [6, 6.07) is 10.5. The van der Waals surface area contributed by atoms with Crippen molar-refractivity contribution >= 4 is 27.3 Å². The molecule has 2 N–H and O–H groups in total. The number of rotatable bonds is 5. The Balaban J connectivity index is 1.43. The highest BCUT2D eigenvalue weighted by Gasteiger charge is 2.74. The Bertz CT molecular complexity index is 1310. The molecule has 0 saturated heterocycles. The lowest BCUT2D eigenvalue weighted by Gasteiger charge is -2.19. The zero-order valence-corrected chi connectivity index (χ0v) is 17.0. The second kappa shape index (κ2) is 6.40. The van der Waals surface area contributed by atoms with E-state index in [-0.39, 0.29) is 14.8 Å². The van der Waals surface area contributed by atoms with Gasteiger partial charge in [-0.15, -0.1) is 11.3 Å². The van der Waals surface area contributed by atoms with Gasteiger partial charge in [0.2, 0.25) is 5.76 Å². The number of fused-ring (bicyclic) bond motifs is 3. The van der Waals surface area contributed by atoms with E-state index in [1.54, 1.807) is 12.1 Å². The van der Waals surface area contributed by atoms with Gasteiger partial charge in [-0.25, -0.2) is 8.42 Å². The van der Waals surface area contributed by atoms with Crippen LogP contribution in [0.2, 0.25) is 0 Å². The molecule has 1 fully saturated rings. The number of aromatic nitrogens is 1. The number of sulfonamides is 1. The summed E-state index contributed by atoms with van der Waals surface area (Å²) in [4.78, 5) is 12.2. The van der Waals surface area contributed by atoms with E-state index in [0.717, 1.165) is 11.1 Å². The quantitative estimate of drug-likeness (QED) is 0.591. The SMILES string of the molecule is O=C(O)C1(NS(=O)(=O)c2ccc(-c3cc(C(F)(F)F)on3)s2)C2Cc3ccccc3C21. The molecule has 162 valence electrons. The van der Waals surface area contributed by atoms with E-state index in [1.807, 2.05) is 12.1 Å². The maximum absolute atomic E-state index is 13.0. The number of alkyl halides is 3. The van der Waals surface area contributed by atoms with Crippen molar-refractivity contribution in [3.63, 3.8) is 0 Å². The van der Waals surface area contributed by atoms with Crippen LogP contribution in [0.5, 0.6) is 0 Å². The number of carbonyl (C=O) groups is 1. The van der Waals surface area contributed by atoms with Gasteiger partial charge in [-0.05, 0) is 29.7 Å². The van der Waals surface area contributed by atoms with Crippen LogP contribution >= 0.6 is 11.3 Å². The molecular weight excluding hydrogens is 457 g/mol. The largest absolute Gasteiger partial charge is 0.480 e. The van der Waals surface area contributed by atoms with E-state index in [0.29, 0.717) is 23.8 Å². The smallest absolute Gasteiger partial charge is 0.452 e. The molecule has 5 rings (SSSR count). The molecule has 0 radical (unpaired) electrons. The van der Waals surface area contributed by atoms with Crippen molar-refractivity contribution in [2.75, 3.05) is 0 Å². The third kappa shape index (κ3) is 3.00. The Labute approximate surface area is 177 Å². The first-order valence-corrected chi connectivity index (χ1v) is 11.3. The van der Waals surface area contributed by atoms with Crippen LogP contribution in [0.4, 0.5) is 13.2 Å². The molecule has 0 amide bonds. The van der Waals surface area contributed by atoms with Gasteiger partial charge in [-0.2, -0.15) is 17.9 Å². The number of aliphatic carboxylic acids is 1. The Kier molecular flexibility index (Phi) is 4.18. The molecule has 2 aromatic heterocycles. The number of carboxylic acids is 1. The molecule has 31 heavy (non-hydrogen) atoms. The average Bonchev–Trinajstić information content (AvgIpc) is 3.22. The van der Waals surface area contributed by atoms with Gasteiger partial charge < -0.3 is 9.63 Å². The Hall–Kier alpha value is -2.70. The van der Waals surface area contributed by atoms with Crippen molar-refractivity contribution in [1.82, 2.24) is 9.88 Å². The normalized spacial score (nSPS) is 24.6. The van der Waals surface area contributed by atoms with Crippen molar-refractivity contribution in [2.45, 2.75) is 28.3 Å². The number of nitrogens with zero attached hydrogens (tertiary/aromatic N) is 1. The van der Waals surface area contributed by atoms with Crippen molar-refractivity contribution in [3.8, 4) is 10.6 Å². The highest BCUT2D eigenvalue weighted by Crippen LogP contribution is 2.64. The Morgan fingerprint density at radius 2 is 2.00 bits per heavy atom. The van der Waals surface area contributed by atoms with Gasteiger partial charge in [0.25, 0.3) is 10.0 Å². The number of nitrogens with one attached hydrogen (secondary N) is 1. The summed E-state index contributed by atoms with van der Waals surface area (Å²) < 4.78 is 70.4. The third-order valence-electron chi connectivity index (χ3n) is 5.74. The molecule has 0 spiro atoms. The molecule has 3 aromatic rings. The van der Waals surface area contributed by atoms with Gasteiger partial charge in [-0.1, -0.05) is 29.4 Å². The van der Waals surface area contributed by atoms with Gasteiger partial charge in [0.1, 0.15) is 15.4 Å². The van der Waals surface area contributed by atoms with Crippen molar-refractivity contribution in [1.29, 1.82) is 0 Å². The van der Waals surface area contributed by atoms with Crippen LogP contribution in [0, 0.1) is 5.92 Å². The zero-order chi connectivity index (χ0) is 22.2. The lowest BCUT2D eigenvalue weighted by molar-refractivity contribution is -0.155. The molecular formula is C19H13F3N2O5S2. The molecule has 1 saturated carbocycles. The summed E-state index contributed by atoms with van der Waals surface area (Å²) in [5.41, 5.74) is 0.00322. The number of thiophene rings is 1. The van der Waals surface area contributed by atoms with Crippen molar-refractivity contribution in [3.05, 3.63) is 59.4 Å². The molecule has 3 atom stereocenters. The van der Waals surface area contributed by atoms with Gasteiger partial charge in [0, 0.05) is 17.9 Å². The van der Waals surface area contributed by atoms with Crippen LogP contribution in [-0.2, 0) is 27.4 Å². The van der Waals surface area contributed by atoms with E-state index < -0.39 is 45.3 Å². The van der Waals surface area contributed by atoms with E-state index in [4.69, 9.17) is 0 Å². The third-order valence-corrected chi connectivity index (χ3v) is 8.83. The second-order valence-corrected chi connectivity index (χ2v) is 10.5. The summed E-state index contributed by atoms with van der Waals surface area (Å²) >= 11 is 0.678. The monoisotopic (exact) mass is 470 g/mol. The van der Waals surface area contributed by atoms with E-state index in [1.165, 1.54) is 12.1 Å². The zero-order valence-electron chi connectivity index (χ0n) is 15.4. The summed E-state index contributed by atoms with van der Waals surface area (Å²) in [5.74, 6) is -3.43. The lowest BCUT2D eigenvalue weighted by atomic mass is 9.99. The highest BCUT2D eigenvalue weighted by molar-refractivity contribution is 7.91. The molecule has 0 bridgehead atoms. The predicted octanol–water partition coefficient (Wildman–Crippen LogP) is 3.49. The van der Waals surface area contributed by atoms with E-state index in [2.05, 4.69) is 14.4 Å². The first-order valence-electron chi connectivity index (χ1n) is 9.03. The first kappa shape index (κ1) is 20.2. The number of halogens is 3.